The third kappa shape index (κ3) is 32.1. The van der Waals surface area contributed by atoms with Gasteiger partial charge < -0.3 is 21.1 Å². The molecule has 5 nitrogen and oxygen atoms in total. The molecule has 0 aromatic carbocycles. The van der Waals surface area contributed by atoms with E-state index in [-0.39, 0.29) is 51.4 Å². The summed E-state index contributed by atoms with van der Waals surface area (Å²) in [4.78, 5) is 9.65. The topological polar surface area (TPSA) is 107 Å². The molecule has 6 heteroatoms. The minimum atomic E-state index is -1.18. The fraction of sp³-hybridized carbons (Fsp3) is 0.857. The van der Waals surface area contributed by atoms with E-state index in [1.54, 1.807) is 20.8 Å². The molecule has 0 saturated heterocycles. The number of nitrogens with two attached hydrogens (primary N) is 1. The minimum absolute atomic E-state index is 0. The quantitative estimate of drug-likeness (QED) is 0.404. The second-order valence-electron chi connectivity index (χ2n) is 3.24. The van der Waals surface area contributed by atoms with E-state index in [2.05, 4.69) is 0 Å². The molecule has 0 fully saturated rings. The molecule has 0 heterocycles. The molecule has 0 aliphatic rings. The number of hydrogen-bond acceptors (Lipinski definition) is 4. The SMILES string of the molecule is CC(C)(C)[O-].NC(CO)C(=O)O.[K+]. The van der Waals surface area contributed by atoms with Gasteiger partial charge in [-0.2, -0.15) is 0 Å². The maximum Gasteiger partial charge on any atom is 1.00 e. The van der Waals surface area contributed by atoms with Gasteiger partial charge in [0.05, 0.1) is 6.61 Å². The van der Waals surface area contributed by atoms with Crippen LogP contribution in [-0.4, -0.2) is 34.4 Å². The summed E-state index contributed by atoms with van der Waals surface area (Å²) in [7, 11) is 0. The maximum atomic E-state index is 10.1. The summed E-state index contributed by atoms with van der Waals surface area (Å²) >= 11 is 0. The van der Waals surface area contributed by atoms with E-state index in [1.807, 2.05) is 0 Å². The van der Waals surface area contributed by atoms with Gasteiger partial charge in [0.2, 0.25) is 0 Å². The monoisotopic (exact) mass is 217 g/mol. The molecule has 13 heavy (non-hydrogen) atoms. The second-order valence-corrected chi connectivity index (χ2v) is 3.24. The van der Waals surface area contributed by atoms with Crippen LogP contribution in [0.15, 0.2) is 0 Å². The first-order valence-corrected chi connectivity index (χ1v) is 3.48. The summed E-state index contributed by atoms with van der Waals surface area (Å²) in [6, 6.07) is -1.13. The van der Waals surface area contributed by atoms with Crippen molar-refractivity contribution in [2.75, 3.05) is 6.61 Å². The van der Waals surface area contributed by atoms with Crippen molar-refractivity contribution in [3.05, 3.63) is 0 Å². The smallest absolute Gasteiger partial charge is 0.850 e. The van der Waals surface area contributed by atoms with Crippen molar-refractivity contribution in [1.82, 2.24) is 0 Å². The molecule has 74 valence electrons. The number of carboxylic acid groups (broad SMARTS) is 1. The van der Waals surface area contributed by atoms with Crippen LogP contribution in [0, 0.1) is 0 Å². The maximum absolute atomic E-state index is 10.1. The van der Waals surface area contributed by atoms with Gasteiger partial charge in [-0.3, -0.25) is 4.79 Å². The van der Waals surface area contributed by atoms with Gasteiger partial charge in [0, 0.05) is 0 Å². The molecule has 0 spiro atoms. The van der Waals surface area contributed by atoms with E-state index in [1.165, 1.54) is 0 Å². The van der Waals surface area contributed by atoms with Gasteiger partial charge >= 0.3 is 57.4 Å². The number of rotatable bonds is 2. The Balaban J connectivity index is -0.000000150. The Labute approximate surface area is 121 Å². The molecule has 0 bridgehead atoms. The molecule has 4 N–H and O–H groups in total. The summed E-state index contributed by atoms with van der Waals surface area (Å²) in [6.07, 6.45) is 0. The number of carbonyl (C=O) groups is 1. The molecule has 0 aromatic heterocycles. The molecule has 1 unspecified atom stereocenters. The van der Waals surface area contributed by atoms with Crippen LogP contribution in [0.1, 0.15) is 20.8 Å². The molecule has 0 aliphatic heterocycles. The van der Waals surface area contributed by atoms with Crippen LogP contribution in [0.3, 0.4) is 0 Å². The van der Waals surface area contributed by atoms with Crippen molar-refractivity contribution in [3.8, 4) is 0 Å². The van der Waals surface area contributed by atoms with Crippen LogP contribution >= 0.6 is 0 Å². The van der Waals surface area contributed by atoms with Gasteiger partial charge in [-0.25, -0.2) is 0 Å². The van der Waals surface area contributed by atoms with Gasteiger partial charge in [0.15, 0.2) is 0 Å². The summed E-state index contributed by atoms with van der Waals surface area (Å²) in [6.45, 7) is 4.39. The van der Waals surface area contributed by atoms with Crippen LogP contribution in [0.2, 0.25) is 0 Å². The van der Waals surface area contributed by atoms with Crippen LogP contribution in [-0.2, 0) is 4.79 Å². The molecular formula is C7H16KNO4. The van der Waals surface area contributed by atoms with Gasteiger partial charge in [-0.05, 0) is 0 Å². The van der Waals surface area contributed by atoms with Gasteiger partial charge in [-0.15, -0.1) is 5.60 Å². The Bertz CT molecular complexity index is 129. The zero-order valence-electron chi connectivity index (χ0n) is 8.57. The van der Waals surface area contributed by atoms with E-state index in [9.17, 15) is 9.90 Å². The molecule has 0 radical (unpaired) electrons. The first-order valence-electron chi connectivity index (χ1n) is 3.48. The fourth-order valence-corrected chi connectivity index (χ4v) is 0.0781. The second kappa shape index (κ2) is 9.54. The Morgan fingerprint density at radius 2 is 1.77 bits per heavy atom. The first-order chi connectivity index (χ1) is 5.18. The summed E-state index contributed by atoms with van der Waals surface area (Å²) < 4.78 is 0. The number of aliphatic carboxylic acids is 1. The van der Waals surface area contributed by atoms with Crippen LogP contribution in [0.5, 0.6) is 0 Å². The zero-order chi connectivity index (χ0) is 10.4. The third-order valence-electron chi connectivity index (χ3n) is 0.514. The minimum Gasteiger partial charge on any atom is -0.850 e. The van der Waals surface area contributed by atoms with Crippen molar-refractivity contribution >= 4 is 5.97 Å². The molecule has 0 saturated carbocycles. The summed E-state index contributed by atoms with van der Waals surface area (Å²) in [5.74, 6) is -1.18. The van der Waals surface area contributed by atoms with Crippen molar-refractivity contribution in [2.24, 2.45) is 5.73 Å². The zero-order valence-corrected chi connectivity index (χ0v) is 11.7. The van der Waals surface area contributed by atoms with Crippen molar-refractivity contribution in [3.63, 3.8) is 0 Å². The summed E-state index contributed by atoms with van der Waals surface area (Å²) in [5.41, 5.74) is 4.02. The van der Waals surface area contributed by atoms with E-state index in [0.717, 1.165) is 0 Å². The number of aliphatic hydroxyl groups excluding tert-OH is 1. The van der Waals surface area contributed by atoms with Crippen molar-refractivity contribution in [2.45, 2.75) is 32.4 Å². The first kappa shape index (κ1) is 19.5. The third-order valence-corrected chi connectivity index (χ3v) is 0.514. The predicted octanol–water partition coefficient (Wildman–Crippen LogP) is -4.46. The number of carboxylic acids is 1. The largest absolute Gasteiger partial charge is 1.00 e. The van der Waals surface area contributed by atoms with Gasteiger partial charge in [-0.1, -0.05) is 20.8 Å². The van der Waals surface area contributed by atoms with E-state index in [0.29, 0.717) is 0 Å². The van der Waals surface area contributed by atoms with E-state index < -0.39 is 24.2 Å². The standard InChI is InChI=1S/C4H9O.C3H7NO3.K/c1-4(2,3)5;4-2(1-5)3(6)7;/h1-3H3;2,5H,1,4H2,(H,6,7);/q-1;;+1. The number of aliphatic hydroxyl groups is 1. The van der Waals surface area contributed by atoms with Crippen LogP contribution in [0.4, 0.5) is 0 Å². The van der Waals surface area contributed by atoms with Crippen molar-refractivity contribution in [1.29, 1.82) is 0 Å². The van der Waals surface area contributed by atoms with E-state index >= 15 is 0 Å². The Hall–Kier alpha value is 0.986. The Kier molecular flexibility index (Phi) is 14.3. The van der Waals surface area contributed by atoms with Crippen LogP contribution < -0.4 is 62.2 Å². The molecular weight excluding hydrogens is 201 g/mol. The molecule has 0 amide bonds. The normalized spacial score (nSPS) is 11.8. The van der Waals surface area contributed by atoms with Gasteiger partial charge in [0.25, 0.3) is 0 Å². The van der Waals surface area contributed by atoms with Crippen molar-refractivity contribution < 1.29 is 71.5 Å². The predicted molar refractivity (Wildman–Crippen MR) is 42.5 cm³/mol. The summed E-state index contributed by atoms with van der Waals surface area (Å²) in [5, 5.41) is 26.0. The average Bonchev–Trinajstić information content (AvgIpc) is 1.82. The van der Waals surface area contributed by atoms with Crippen LogP contribution in [0.25, 0.3) is 0 Å². The van der Waals surface area contributed by atoms with E-state index in [4.69, 9.17) is 15.9 Å². The Morgan fingerprint density at radius 3 is 1.77 bits per heavy atom. The molecule has 0 aromatic rings. The fourth-order valence-electron chi connectivity index (χ4n) is 0.0781. The Morgan fingerprint density at radius 1 is 1.54 bits per heavy atom. The number of hydrogen-bond donors (Lipinski definition) is 3. The molecule has 0 rings (SSSR count). The average molecular weight is 217 g/mol. The van der Waals surface area contributed by atoms with Gasteiger partial charge in [0.1, 0.15) is 6.04 Å². The molecule has 1 atom stereocenters. The molecule has 0 aliphatic carbocycles.